The van der Waals surface area contributed by atoms with Crippen LogP contribution in [0.3, 0.4) is 0 Å². The molecule has 0 bridgehead atoms. The number of nitrogens with one attached hydrogen (secondary N) is 2. The molecule has 0 radical (unpaired) electrons. The summed E-state index contributed by atoms with van der Waals surface area (Å²) in [5.41, 5.74) is 2.02. The number of carbonyl (C=O) groups is 1. The van der Waals surface area contributed by atoms with Crippen molar-refractivity contribution in [2.45, 2.75) is 18.4 Å². The van der Waals surface area contributed by atoms with E-state index in [0.717, 1.165) is 9.87 Å². The molecule has 0 saturated carbocycles. The lowest BCUT2D eigenvalue weighted by Crippen LogP contribution is -2.31. The molecule has 0 aliphatic rings. The fourth-order valence-electron chi connectivity index (χ4n) is 2.50. The van der Waals surface area contributed by atoms with Gasteiger partial charge in [0.05, 0.1) is 24.2 Å². The van der Waals surface area contributed by atoms with Crippen LogP contribution in [0.15, 0.2) is 41.3 Å². The van der Waals surface area contributed by atoms with Crippen LogP contribution in [-0.2, 0) is 21.4 Å². The topological polar surface area (TPSA) is 87.7 Å². The van der Waals surface area contributed by atoms with Gasteiger partial charge in [-0.3, -0.25) is 4.79 Å². The summed E-state index contributed by atoms with van der Waals surface area (Å²) in [6.45, 7) is 1.95. The Morgan fingerprint density at radius 1 is 1.21 bits per heavy atom. The normalized spacial score (nSPS) is 11.4. The molecule has 7 nitrogen and oxygen atoms in total. The van der Waals surface area contributed by atoms with E-state index in [1.807, 2.05) is 6.92 Å². The molecule has 0 atom stereocenters. The molecule has 1 amide bonds. The van der Waals surface area contributed by atoms with Crippen molar-refractivity contribution in [3.63, 3.8) is 0 Å². The molecule has 9 heteroatoms. The van der Waals surface area contributed by atoms with Gasteiger partial charge in [0, 0.05) is 31.7 Å². The number of anilines is 1. The van der Waals surface area contributed by atoms with Crippen LogP contribution in [0.25, 0.3) is 0 Å². The number of methoxy groups -OCH3 is 1. The Labute approximate surface area is 170 Å². The Bertz CT molecular complexity index is 962. The van der Waals surface area contributed by atoms with Crippen LogP contribution >= 0.6 is 11.6 Å². The van der Waals surface area contributed by atoms with Gasteiger partial charge in [-0.1, -0.05) is 29.8 Å². The fourth-order valence-corrected chi connectivity index (χ4v) is 3.77. The number of hydrogen-bond donors (Lipinski definition) is 2. The van der Waals surface area contributed by atoms with Gasteiger partial charge in [0.25, 0.3) is 0 Å². The quantitative estimate of drug-likeness (QED) is 0.678. The lowest BCUT2D eigenvalue weighted by Gasteiger charge is -2.16. The highest BCUT2D eigenvalue weighted by molar-refractivity contribution is 7.89. The molecule has 2 aromatic carbocycles. The molecule has 2 aromatic rings. The second-order valence-corrected chi connectivity index (χ2v) is 8.85. The summed E-state index contributed by atoms with van der Waals surface area (Å²) in [6, 6.07) is 10.1. The van der Waals surface area contributed by atoms with Crippen molar-refractivity contribution >= 4 is 33.2 Å². The standard InChI is InChI=1S/C19H24ClN3O4S/c1-13-9-16(17(27-4)10-15(13)20)21-12-19(24)22-11-14-7-5-6-8-18(14)28(25,26)23(2)3/h5-10,21H,11-12H2,1-4H3,(H,22,24). The average Bonchev–Trinajstić information content (AvgIpc) is 2.66. The van der Waals surface area contributed by atoms with Crippen molar-refractivity contribution in [1.29, 1.82) is 0 Å². The Morgan fingerprint density at radius 3 is 2.54 bits per heavy atom. The highest BCUT2D eigenvalue weighted by Gasteiger charge is 2.20. The number of halogens is 1. The number of carbonyl (C=O) groups excluding carboxylic acids is 1. The smallest absolute Gasteiger partial charge is 0.242 e. The van der Waals surface area contributed by atoms with E-state index in [1.54, 1.807) is 30.3 Å². The minimum atomic E-state index is -3.59. The van der Waals surface area contributed by atoms with Crippen LogP contribution in [0.2, 0.25) is 5.02 Å². The summed E-state index contributed by atoms with van der Waals surface area (Å²) in [7, 11) is 0.868. The predicted molar refractivity (Wildman–Crippen MR) is 110 cm³/mol. The highest BCUT2D eigenvalue weighted by atomic mass is 35.5. The second-order valence-electron chi connectivity index (χ2n) is 6.33. The van der Waals surface area contributed by atoms with Crippen molar-refractivity contribution in [3.8, 4) is 5.75 Å². The van der Waals surface area contributed by atoms with Gasteiger partial charge in [0.1, 0.15) is 5.75 Å². The molecule has 0 unspecified atom stereocenters. The lowest BCUT2D eigenvalue weighted by atomic mass is 10.2. The van der Waals surface area contributed by atoms with Crippen molar-refractivity contribution in [2.75, 3.05) is 33.1 Å². The van der Waals surface area contributed by atoms with Crippen LogP contribution in [0.5, 0.6) is 5.75 Å². The molecular weight excluding hydrogens is 402 g/mol. The molecule has 0 aromatic heterocycles. The summed E-state index contributed by atoms with van der Waals surface area (Å²) in [4.78, 5) is 12.4. The van der Waals surface area contributed by atoms with Gasteiger partial charge >= 0.3 is 0 Å². The molecule has 0 aliphatic carbocycles. The van der Waals surface area contributed by atoms with Crippen molar-refractivity contribution in [2.24, 2.45) is 0 Å². The number of nitrogens with zero attached hydrogens (tertiary/aromatic N) is 1. The molecule has 152 valence electrons. The van der Waals surface area contributed by atoms with Gasteiger partial charge in [-0.05, 0) is 30.2 Å². The van der Waals surface area contributed by atoms with Gasteiger partial charge in [0.2, 0.25) is 15.9 Å². The molecular formula is C19H24ClN3O4S. The maximum Gasteiger partial charge on any atom is 0.242 e. The van der Waals surface area contributed by atoms with E-state index in [-0.39, 0.29) is 23.9 Å². The minimum absolute atomic E-state index is 0.0000296. The van der Waals surface area contributed by atoms with Crippen molar-refractivity contribution in [1.82, 2.24) is 9.62 Å². The molecule has 2 rings (SSSR count). The SMILES string of the molecule is COc1cc(Cl)c(C)cc1NCC(=O)NCc1ccccc1S(=O)(=O)N(C)C. The number of ether oxygens (including phenoxy) is 1. The van der Waals surface area contributed by atoms with E-state index in [2.05, 4.69) is 10.6 Å². The average molecular weight is 426 g/mol. The third kappa shape index (κ3) is 5.15. The zero-order valence-electron chi connectivity index (χ0n) is 16.2. The van der Waals surface area contributed by atoms with E-state index in [4.69, 9.17) is 16.3 Å². The number of amides is 1. The fraction of sp³-hybridized carbons (Fsp3) is 0.316. The van der Waals surface area contributed by atoms with Gasteiger partial charge in [-0.15, -0.1) is 0 Å². The molecule has 28 heavy (non-hydrogen) atoms. The van der Waals surface area contributed by atoms with Gasteiger partial charge in [0.15, 0.2) is 0 Å². The third-order valence-electron chi connectivity index (χ3n) is 4.13. The summed E-state index contributed by atoms with van der Waals surface area (Å²) in [6.07, 6.45) is 0. The van der Waals surface area contributed by atoms with Gasteiger partial charge in [-0.25, -0.2) is 12.7 Å². The van der Waals surface area contributed by atoms with E-state index in [9.17, 15) is 13.2 Å². The van der Waals surface area contributed by atoms with E-state index in [0.29, 0.717) is 22.0 Å². The molecule has 0 spiro atoms. The van der Waals surface area contributed by atoms with E-state index >= 15 is 0 Å². The molecule has 0 fully saturated rings. The number of hydrogen-bond acceptors (Lipinski definition) is 5. The van der Waals surface area contributed by atoms with Crippen molar-refractivity contribution in [3.05, 3.63) is 52.5 Å². The Hall–Kier alpha value is -2.29. The van der Waals surface area contributed by atoms with Crippen LogP contribution in [0, 0.1) is 6.92 Å². The highest BCUT2D eigenvalue weighted by Crippen LogP contribution is 2.30. The first-order valence-electron chi connectivity index (χ1n) is 8.52. The van der Waals surface area contributed by atoms with Crippen molar-refractivity contribution < 1.29 is 17.9 Å². The number of sulfonamides is 1. The van der Waals surface area contributed by atoms with Crippen LogP contribution in [0.4, 0.5) is 5.69 Å². The van der Waals surface area contributed by atoms with E-state index < -0.39 is 10.0 Å². The molecule has 0 saturated heterocycles. The summed E-state index contributed by atoms with van der Waals surface area (Å²) in [5.74, 6) is 0.248. The Kier molecular flexibility index (Phi) is 7.29. The minimum Gasteiger partial charge on any atom is -0.495 e. The van der Waals surface area contributed by atoms with E-state index in [1.165, 1.54) is 27.3 Å². The monoisotopic (exact) mass is 425 g/mol. The Morgan fingerprint density at radius 2 is 1.89 bits per heavy atom. The zero-order valence-corrected chi connectivity index (χ0v) is 17.8. The van der Waals surface area contributed by atoms with Gasteiger partial charge < -0.3 is 15.4 Å². The molecule has 0 heterocycles. The maximum atomic E-state index is 12.4. The predicted octanol–water partition coefficient (Wildman–Crippen LogP) is 2.64. The largest absolute Gasteiger partial charge is 0.495 e. The number of aryl methyl sites for hydroxylation is 1. The van der Waals surface area contributed by atoms with Crippen LogP contribution < -0.4 is 15.4 Å². The third-order valence-corrected chi connectivity index (χ3v) is 6.45. The lowest BCUT2D eigenvalue weighted by molar-refractivity contribution is -0.119. The summed E-state index contributed by atoms with van der Waals surface area (Å²) < 4.78 is 31.2. The molecule has 0 aliphatic heterocycles. The van der Waals surface area contributed by atoms with Gasteiger partial charge in [-0.2, -0.15) is 0 Å². The Balaban J connectivity index is 2.04. The number of rotatable bonds is 8. The molecule has 2 N–H and O–H groups in total. The first kappa shape index (κ1) is 22.0. The second kappa shape index (κ2) is 9.27. The zero-order chi connectivity index (χ0) is 20.9. The maximum absolute atomic E-state index is 12.4. The summed E-state index contributed by atoms with van der Waals surface area (Å²) >= 11 is 6.08. The summed E-state index contributed by atoms with van der Waals surface area (Å²) in [5, 5.41) is 6.32. The van der Waals surface area contributed by atoms with Crippen LogP contribution in [-0.4, -0.2) is 46.4 Å². The number of benzene rings is 2. The first-order chi connectivity index (χ1) is 13.2. The first-order valence-corrected chi connectivity index (χ1v) is 10.3. The van der Waals surface area contributed by atoms with Crippen LogP contribution in [0.1, 0.15) is 11.1 Å².